The van der Waals surface area contributed by atoms with Crippen molar-refractivity contribution in [3.05, 3.63) is 22.3 Å². The molecular formula is C27H45N. The molecule has 0 bridgehead atoms. The molecule has 4 aliphatic rings. The van der Waals surface area contributed by atoms with Crippen molar-refractivity contribution >= 4 is 0 Å². The zero-order valence-electron chi connectivity index (χ0n) is 18.9. The van der Waals surface area contributed by atoms with Crippen LogP contribution in [0.5, 0.6) is 0 Å². The van der Waals surface area contributed by atoms with E-state index in [1.165, 1.54) is 116 Å². The van der Waals surface area contributed by atoms with Gasteiger partial charge in [-0.05, 0) is 94.4 Å². The summed E-state index contributed by atoms with van der Waals surface area (Å²) < 4.78 is 0. The zero-order chi connectivity index (χ0) is 19.3. The van der Waals surface area contributed by atoms with E-state index in [0.717, 1.165) is 17.8 Å². The predicted molar refractivity (Wildman–Crippen MR) is 122 cm³/mol. The van der Waals surface area contributed by atoms with Gasteiger partial charge in [-0.2, -0.15) is 0 Å². The maximum atomic E-state index is 2.41. The standard InChI is InChI=1S/C27H45N/c1-28(2)19-18-24-20-25(21-12-6-3-7-13-21)27(23-16-10-5-11-17-23)26(24)22-14-8-4-9-15-22/h21-23H,3-20H2,1-2H3. The monoisotopic (exact) mass is 383 g/mol. The van der Waals surface area contributed by atoms with E-state index >= 15 is 0 Å². The number of hydrogen-bond acceptors (Lipinski definition) is 1. The van der Waals surface area contributed by atoms with E-state index in [9.17, 15) is 0 Å². The zero-order valence-corrected chi connectivity index (χ0v) is 18.9. The minimum atomic E-state index is 0.906. The summed E-state index contributed by atoms with van der Waals surface area (Å²) in [6, 6.07) is 0. The summed E-state index contributed by atoms with van der Waals surface area (Å²) in [5.74, 6) is 2.75. The highest BCUT2D eigenvalue weighted by Gasteiger charge is 2.37. The molecule has 3 saturated carbocycles. The lowest BCUT2D eigenvalue weighted by atomic mass is 9.71. The lowest BCUT2D eigenvalue weighted by Gasteiger charge is -2.34. The van der Waals surface area contributed by atoms with Crippen molar-refractivity contribution in [3.8, 4) is 0 Å². The molecule has 0 radical (unpaired) electrons. The fraction of sp³-hybridized carbons (Fsp3) is 0.852. The average molecular weight is 384 g/mol. The molecule has 0 aliphatic heterocycles. The number of allylic oxidation sites excluding steroid dienone is 3. The van der Waals surface area contributed by atoms with E-state index in [1.807, 2.05) is 22.3 Å². The Labute approximate surface area is 175 Å². The highest BCUT2D eigenvalue weighted by Crippen LogP contribution is 2.52. The molecule has 0 saturated heterocycles. The van der Waals surface area contributed by atoms with Crippen molar-refractivity contribution in [1.82, 2.24) is 4.90 Å². The summed E-state index contributed by atoms with van der Waals surface area (Å²) in [7, 11) is 4.51. The SMILES string of the molecule is CN(C)CCC1=C(C2CCCCC2)C(C2CCCCC2)=C(C2CCCCC2)C1. The molecule has 0 aromatic carbocycles. The fourth-order valence-electron chi connectivity index (χ4n) is 6.95. The lowest BCUT2D eigenvalue weighted by molar-refractivity contribution is 0.362. The Morgan fingerprint density at radius 3 is 1.57 bits per heavy atom. The second kappa shape index (κ2) is 9.96. The van der Waals surface area contributed by atoms with Crippen molar-refractivity contribution in [2.24, 2.45) is 17.8 Å². The summed E-state index contributed by atoms with van der Waals surface area (Å²) in [5.41, 5.74) is 7.80. The third kappa shape index (κ3) is 4.77. The molecule has 4 rings (SSSR count). The smallest absolute Gasteiger partial charge is 0.00128 e. The molecule has 0 aromatic heterocycles. The molecule has 0 aromatic rings. The molecule has 0 atom stereocenters. The lowest BCUT2D eigenvalue weighted by Crippen LogP contribution is -2.20. The highest BCUT2D eigenvalue weighted by molar-refractivity contribution is 5.51. The first-order valence-corrected chi connectivity index (χ1v) is 12.8. The van der Waals surface area contributed by atoms with Gasteiger partial charge in [0.25, 0.3) is 0 Å². The summed E-state index contributed by atoms with van der Waals surface area (Å²) in [5, 5.41) is 0. The topological polar surface area (TPSA) is 3.24 Å². The largest absolute Gasteiger partial charge is 0.309 e. The molecule has 3 fully saturated rings. The van der Waals surface area contributed by atoms with Gasteiger partial charge in [0.15, 0.2) is 0 Å². The molecule has 0 spiro atoms. The molecule has 0 heterocycles. The van der Waals surface area contributed by atoms with Crippen molar-refractivity contribution < 1.29 is 0 Å². The highest BCUT2D eigenvalue weighted by atomic mass is 15.0. The van der Waals surface area contributed by atoms with Crippen molar-refractivity contribution in [3.63, 3.8) is 0 Å². The fourth-order valence-corrected chi connectivity index (χ4v) is 6.95. The summed E-state index contributed by atoms with van der Waals surface area (Å²) in [6.07, 6.45) is 25.0. The first-order valence-electron chi connectivity index (χ1n) is 12.8. The third-order valence-corrected chi connectivity index (χ3v) is 8.41. The van der Waals surface area contributed by atoms with Gasteiger partial charge in [-0.1, -0.05) is 68.9 Å². The van der Waals surface area contributed by atoms with Gasteiger partial charge >= 0.3 is 0 Å². The van der Waals surface area contributed by atoms with E-state index in [4.69, 9.17) is 0 Å². The van der Waals surface area contributed by atoms with Crippen LogP contribution < -0.4 is 0 Å². The number of nitrogens with zero attached hydrogens (tertiary/aromatic N) is 1. The van der Waals surface area contributed by atoms with Crippen LogP contribution >= 0.6 is 0 Å². The van der Waals surface area contributed by atoms with E-state index < -0.39 is 0 Å². The minimum Gasteiger partial charge on any atom is -0.309 e. The van der Waals surface area contributed by atoms with E-state index in [0.29, 0.717) is 0 Å². The van der Waals surface area contributed by atoms with Crippen LogP contribution in [0.2, 0.25) is 0 Å². The molecule has 28 heavy (non-hydrogen) atoms. The quantitative estimate of drug-likeness (QED) is 0.454. The van der Waals surface area contributed by atoms with Crippen molar-refractivity contribution in [2.75, 3.05) is 20.6 Å². The molecule has 0 N–H and O–H groups in total. The normalized spacial score (nSPS) is 26.7. The molecule has 1 nitrogen and oxygen atoms in total. The van der Waals surface area contributed by atoms with Crippen LogP contribution in [-0.2, 0) is 0 Å². The van der Waals surface area contributed by atoms with E-state index in [2.05, 4.69) is 19.0 Å². The second-order valence-corrected chi connectivity index (χ2v) is 10.7. The van der Waals surface area contributed by atoms with Crippen LogP contribution in [-0.4, -0.2) is 25.5 Å². The first-order chi connectivity index (χ1) is 13.7. The molecule has 4 aliphatic carbocycles. The van der Waals surface area contributed by atoms with Gasteiger partial charge in [0, 0.05) is 6.54 Å². The van der Waals surface area contributed by atoms with Gasteiger partial charge < -0.3 is 4.90 Å². The molecule has 0 unspecified atom stereocenters. The van der Waals surface area contributed by atoms with Crippen LogP contribution in [0.3, 0.4) is 0 Å². The Morgan fingerprint density at radius 1 is 0.607 bits per heavy atom. The van der Waals surface area contributed by atoms with Crippen LogP contribution in [0, 0.1) is 17.8 Å². The Hall–Kier alpha value is -0.560. The van der Waals surface area contributed by atoms with Crippen LogP contribution in [0.15, 0.2) is 22.3 Å². The van der Waals surface area contributed by atoms with Gasteiger partial charge in [0.2, 0.25) is 0 Å². The van der Waals surface area contributed by atoms with Gasteiger partial charge in [-0.3, -0.25) is 0 Å². The number of rotatable bonds is 6. The summed E-state index contributed by atoms with van der Waals surface area (Å²) in [4.78, 5) is 2.41. The van der Waals surface area contributed by atoms with Gasteiger partial charge in [0.1, 0.15) is 0 Å². The minimum absolute atomic E-state index is 0.906. The van der Waals surface area contributed by atoms with E-state index in [1.54, 1.807) is 0 Å². The molecule has 0 amide bonds. The third-order valence-electron chi connectivity index (χ3n) is 8.41. The Bertz CT molecular complexity index is 563. The maximum absolute atomic E-state index is 2.41. The van der Waals surface area contributed by atoms with Gasteiger partial charge in [-0.25, -0.2) is 0 Å². The molecule has 1 heteroatoms. The maximum Gasteiger partial charge on any atom is 0.00128 e. The molecule has 158 valence electrons. The average Bonchev–Trinajstić information content (AvgIpc) is 3.14. The van der Waals surface area contributed by atoms with Crippen LogP contribution in [0.1, 0.15) is 109 Å². The van der Waals surface area contributed by atoms with Gasteiger partial charge in [-0.15, -0.1) is 0 Å². The Morgan fingerprint density at radius 2 is 1.07 bits per heavy atom. The summed E-state index contributed by atoms with van der Waals surface area (Å²) in [6.45, 7) is 1.24. The van der Waals surface area contributed by atoms with Gasteiger partial charge in [0.05, 0.1) is 0 Å². The second-order valence-electron chi connectivity index (χ2n) is 10.7. The van der Waals surface area contributed by atoms with Crippen molar-refractivity contribution in [1.29, 1.82) is 0 Å². The first kappa shape index (κ1) is 20.7. The van der Waals surface area contributed by atoms with Crippen LogP contribution in [0.4, 0.5) is 0 Å². The summed E-state index contributed by atoms with van der Waals surface area (Å²) >= 11 is 0. The van der Waals surface area contributed by atoms with Crippen LogP contribution in [0.25, 0.3) is 0 Å². The van der Waals surface area contributed by atoms with E-state index in [-0.39, 0.29) is 0 Å². The predicted octanol–water partition coefficient (Wildman–Crippen LogP) is 7.68. The number of hydrogen-bond donors (Lipinski definition) is 0. The molecular weight excluding hydrogens is 338 g/mol. The Balaban J connectivity index is 1.68. The van der Waals surface area contributed by atoms with Crippen molar-refractivity contribution in [2.45, 2.75) is 109 Å². The Kier molecular flexibility index (Phi) is 7.37.